The van der Waals surface area contributed by atoms with Crippen molar-refractivity contribution in [2.24, 2.45) is 17.3 Å². The predicted octanol–water partition coefficient (Wildman–Crippen LogP) is 2.43. The van der Waals surface area contributed by atoms with Crippen LogP contribution >= 0.6 is 0 Å². The van der Waals surface area contributed by atoms with Crippen LogP contribution in [0.2, 0.25) is 0 Å². The van der Waals surface area contributed by atoms with Gasteiger partial charge >= 0.3 is 5.97 Å². The van der Waals surface area contributed by atoms with E-state index in [1.165, 1.54) is 18.2 Å². The van der Waals surface area contributed by atoms with Crippen molar-refractivity contribution < 1.29 is 19.1 Å². The fourth-order valence-electron chi connectivity index (χ4n) is 2.57. The van der Waals surface area contributed by atoms with Gasteiger partial charge in [-0.2, -0.15) is 0 Å². The minimum Gasteiger partial charge on any atom is -0.481 e. The second-order valence-corrected chi connectivity index (χ2v) is 5.56. The molecule has 1 fully saturated rings. The van der Waals surface area contributed by atoms with E-state index in [0.29, 0.717) is 11.3 Å². The molecule has 2 atom stereocenters. The summed E-state index contributed by atoms with van der Waals surface area (Å²) in [5, 5.41) is 11.7. The summed E-state index contributed by atoms with van der Waals surface area (Å²) in [6, 6.07) is 4.06. The summed E-state index contributed by atoms with van der Waals surface area (Å²) < 4.78 is 13.0. The van der Waals surface area contributed by atoms with Crippen LogP contribution < -0.4 is 5.32 Å². The Hall–Kier alpha value is -1.91. The molecule has 5 heteroatoms. The van der Waals surface area contributed by atoms with Gasteiger partial charge in [-0.05, 0) is 36.1 Å². The number of amides is 1. The van der Waals surface area contributed by atoms with Crippen LogP contribution in [0.1, 0.15) is 19.4 Å². The Morgan fingerprint density at radius 2 is 1.95 bits per heavy atom. The van der Waals surface area contributed by atoms with Gasteiger partial charge in [0, 0.05) is 5.69 Å². The first kappa shape index (κ1) is 13.5. The van der Waals surface area contributed by atoms with Crippen molar-refractivity contribution in [3.05, 3.63) is 29.6 Å². The lowest BCUT2D eigenvalue weighted by atomic mass is 10.1. The first-order valence-electron chi connectivity index (χ1n) is 6.05. The van der Waals surface area contributed by atoms with Gasteiger partial charge in [0.05, 0.1) is 11.8 Å². The van der Waals surface area contributed by atoms with Gasteiger partial charge in [0.25, 0.3) is 0 Å². The number of halogens is 1. The molecule has 4 nitrogen and oxygen atoms in total. The zero-order valence-electron chi connectivity index (χ0n) is 11.0. The molecule has 1 aromatic carbocycles. The molecule has 0 saturated heterocycles. The number of aryl methyl sites for hydroxylation is 1. The molecule has 1 amide bonds. The third kappa shape index (κ3) is 2.32. The van der Waals surface area contributed by atoms with Gasteiger partial charge < -0.3 is 10.4 Å². The average molecular weight is 265 g/mol. The maximum Gasteiger partial charge on any atom is 0.307 e. The Kier molecular flexibility index (Phi) is 3.08. The lowest BCUT2D eigenvalue weighted by Crippen LogP contribution is -2.18. The molecule has 2 N–H and O–H groups in total. The van der Waals surface area contributed by atoms with Crippen molar-refractivity contribution >= 4 is 17.6 Å². The molecule has 102 valence electrons. The minimum atomic E-state index is -0.957. The quantitative estimate of drug-likeness (QED) is 0.882. The molecule has 2 rings (SSSR count). The number of carbonyl (C=O) groups excluding carboxylic acids is 1. The van der Waals surface area contributed by atoms with Gasteiger partial charge in [0.2, 0.25) is 5.91 Å². The van der Waals surface area contributed by atoms with Crippen molar-refractivity contribution in [2.75, 3.05) is 5.32 Å². The largest absolute Gasteiger partial charge is 0.481 e. The van der Waals surface area contributed by atoms with Crippen LogP contribution in [-0.2, 0) is 9.59 Å². The van der Waals surface area contributed by atoms with E-state index in [1.807, 2.05) is 0 Å². The summed E-state index contributed by atoms with van der Waals surface area (Å²) in [5.74, 6) is -2.86. The number of nitrogens with one attached hydrogen (secondary N) is 1. The zero-order chi connectivity index (χ0) is 14.4. The monoisotopic (exact) mass is 265 g/mol. The molecule has 1 aliphatic rings. The molecular weight excluding hydrogens is 249 g/mol. The van der Waals surface area contributed by atoms with E-state index in [0.717, 1.165) is 0 Å². The van der Waals surface area contributed by atoms with Crippen molar-refractivity contribution in [1.82, 2.24) is 0 Å². The van der Waals surface area contributed by atoms with E-state index in [9.17, 15) is 14.0 Å². The number of carbonyl (C=O) groups is 2. The van der Waals surface area contributed by atoms with Crippen LogP contribution in [-0.4, -0.2) is 17.0 Å². The highest BCUT2D eigenvalue weighted by Gasteiger charge is 2.65. The summed E-state index contributed by atoms with van der Waals surface area (Å²) in [7, 11) is 0. The normalized spacial score (nSPS) is 23.8. The number of hydrogen-bond acceptors (Lipinski definition) is 2. The van der Waals surface area contributed by atoms with Crippen LogP contribution in [0.15, 0.2) is 18.2 Å². The number of hydrogen-bond donors (Lipinski definition) is 2. The summed E-state index contributed by atoms with van der Waals surface area (Å²) in [5.41, 5.74) is 0.584. The molecule has 1 aromatic rings. The van der Waals surface area contributed by atoms with Gasteiger partial charge in [-0.15, -0.1) is 0 Å². The van der Waals surface area contributed by atoms with E-state index in [-0.39, 0.29) is 11.7 Å². The van der Waals surface area contributed by atoms with Crippen molar-refractivity contribution in [3.8, 4) is 0 Å². The summed E-state index contributed by atoms with van der Waals surface area (Å²) in [4.78, 5) is 23.1. The van der Waals surface area contributed by atoms with Crippen molar-refractivity contribution in [3.63, 3.8) is 0 Å². The second kappa shape index (κ2) is 4.33. The third-order valence-corrected chi connectivity index (χ3v) is 3.82. The maximum absolute atomic E-state index is 13.0. The Morgan fingerprint density at radius 3 is 2.42 bits per heavy atom. The number of rotatable bonds is 3. The van der Waals surface area contributed by atoms with Crippen molar-refractivity contribution in [1.29, 1.82) is 0 Å². The standard InChI is InChI=1S/C14H16FNO3/c1-7-6-8(15)4-5-9(7)16-12(17)10-11(13(18)19)14(10,2)3/h4-6,10-11H,1-3H3,(H,16,17)(H,18,19). The van der Waals surface area contributed by atoms with Crippen LogP contribution in [0.25, 0.3) is 0 Å². The highest BCUT2D eigenvalue weighted by molar-refractivity contribution is 6.00. The van der Waals surface area contributed by atoms with Crippen LogP contribution in [0.3, 0.4) is 0 Å². The maximum atomic E-state index is 13.0. The Morgan fingerprint density at radius 1 is 1.32 bits per heavy atom. The number of carboxylic acid groups (broad SMARTS) is 1. The Balaban J connectivity index is 2.13. The minimum absolute atomic E-state index is 0.327. The third-order valence-electron chi connectivity index (χ3n) is 3.82. The lowest BCUT2D eigenvalue weighted by molar-refractivity contribution is -0.140. The summed E-state index contributed by atoms with van der Waals surface area (Å²) >= 11 is 0. The highest BCUT2D eigenvalue weighted by atomic mass is 19.1. The average Bonchev–Trinajstić information content (AvgIpc) is 2.86. The SMILES string of the molecule is Cc1cc(F)ccc1NC(=O)C1C(C(=O)O)C1(C)C. The molecule has 0 heterocycles. The van der Waals surface area contributed by atoms with Crippen LogP contribution in [0.4, 0.5) is 10.1 Å². The van der Waals surface area contributed by atoms with Gasteiger partial charge in [0.15, 0.2) is 0 Å². The lowest BCUT2D eigenvalue weighted by Gasteiger charge is -2.09. The fraction of sp³-hybridized carbons (Fsp3) is 0.429. The zero-order valence-corrected chi connectivity index (χ0v) is 11.0. The molecule has 0 aromatic heterocycles. The van der Waals surface area contributed by atoms with E-state index >= 15 is 0 Å². The van der Waals surface area contributed by atoms with E-state index < -0.39 is 23.2 Å². The molecule has 0 aliphatic heterocycles. The number of aliphatic carboxylic acids is 1. The molecule has 0 bridgehead atoms. The fourth-order valence-corrected chi connectivity index (χ4v) is 2.57. The Labute approximate surface area is 110 Å². The van der Waals surface area contributed by atoms with Gasteiger partial charge in [-0.3, -0.25) is 9.59 Å². The molecule has 0 radical (unpaired) electrons. The van der Waals surface area contributed by atoms with Crippen molar-refractivity contribution in [2.45, 2.75) is 20.8 Å². The summed E-state index contributed by atoms with van der Waals surface area (Å²) in [6.45, 7) is 5.20. The van der Waals surface area contributed by atoms with Crippen LogP contribution in [0, 0.1) is 30.0 Å². The van der Waals surface area contributed by atoms with Gasteiger partial charge in [-0.25, -0.2) is 4.39 Å². The molecule has 0 spiro atoms. The van der Waals surface area contributed by atoms with Gasteiger partial charge in [0.1, 0.15) is 5.82 Å². The van der Waals surface area contributed by atoms with E-state index in [4.69, 9.17) is 5.11 Å². The summed E-state index contributed by atoms with van der Waals surface area (Å²) in [6.07, 6.45) is 0. The first-order chi connectivity index (χ1) is 8.75. The topological polar surface area (TPSA) is 66.4 Å². The van der Waals surface area contributed by atoms with Gasteiger partial charge in [-0.1, -0.05) is 13.8 Å². The highest BCUT2D eigenvalue weighted by Crippen LogP contribution is 2.58. The molecule has 2 unspecified atom stereocenters. The molecule has 1 saturated carbocycles. The Bertz CT molecular complexity index is 554. The molecule has 1 aliphatic carbocycles. The number of carboxylic acids is 1. The smallest absolute Gasteiger partial charge is 0.307 e. The second-order valence-electron chi connectivity index (χ2n) is 5.56. The van der Waals surface area contributed by atoms with E-state index in [1.54, 1.807) is 20.8 Å². The van der Waals surface area contributed by atoms with E-state index in [2.05, 4.69) is 5.32 Å². The molecule has 19 heavy (non-hydrogen) atoms. The van der Waals surface area contributed by atoms with Crippen LogP contribution in [0.5, 0.6) is 0 Å². The molecular formula is C14H16FNO3. The predicted molar refractivity (Wildman–Crippen MR) is 68.2 cm³/mol. The first-order valence-corrected chi connectivity index (χ1v) is 6.05. The number of anilines is 1. The number of benzene rings is 1.